The molecule has 0 saturated heterocycles. The van der Waals surface area contributed by atoms with E-state index >= 15 is 0 Å². The molecule has 1 N–H and O–H groups in total. The highest BCUT2D eigenvalue weighted by Gasteiger charge is 2.17. The minimum absolute atomic E-state index is 0.0600. The number of hydrogen-bond donors (Lipinski definition) is 1. The third kappa shape index (κ3) is 5.85. The molecule has 3 aromatic rings. The van der Waals surface area contributed by atoms with Gasteiger partial charge in [0.25, 0.3) is 0 Å². The minimum atomic E-state index is -1.09. The molecule has 34 heavy (non-hydrogen) atoms. The van der Waals surface area contributed by atoms with Gasteiger partial charge in [-0.05, 0) is 62.4 Å². The smallest absolute Gasteiger partial charge is 0.335 e. The number of nitrogens with zero attached hydrogens (tertiary/aromatic N) is 1. The van der Waals surface area contributed by atoms with Gasteiger partial charge >= 0.3 is 5.97 Å². The first kappa shape index (κ1) is 25.5. The van der Waals surface area contributed by atoms with E-state index in [1.54, 1.807) is 31.2 Å². The van der Waals surface area contributed by atoms with Crippen LogP contribution in [0, 0.1) is 6.92 Å². The Labute approximate surface area is 209 Å². The van der Waals surface area contributed by atoms with Crippen molar-refractivity contribution in [3.63, 3.8) is 0 Å². The Morgan fingerprint density at radius 1 is 1.18 bits per heavy atom. The average molecular weight is 549 g/mol. The molecule has 8 heteroatoms. The Kier molecular flexibility index (Phi) is 8.47. The number of ether oxygens (including phenoxy) is 1. The first-order valence-electron chi connectivity index (χ1n) is 10.2. The molecule has 3 rings (SSSR count). The molecule has 0 aliphatic rings. The lowest BCUT2D eigenvalue weighted by Gasteiger charge is -2.17. The van der Waals surface area contributed by atoms with E-state index in [-0.39, 0.29) is 29.1 Å². The third-order valence-corrected chi connectivity index (χ3v) is 5.66. The summed E-state index contributed by atoms with van der Waals surface area (Å²) in [6.07, 6.45) is 4.02. The van der Waals surface area contributed by atoms with E-state index < -0.39 is 11.8 Å². The van der Waals surface area contributed by atoms with Crippen LogP contribution in [-0.2, 0) is 0 Å². The third-order valence-electron chi connectivity index (χ3n) is 4.95. The molecule has 1 heterocycles. The SMILES string of the molecule is C\C=C/C(COc1ccc(Br)cc1-c1ccc(C)n1-c1cc(Cl)cc(C(=O)O)c1)=C(F)\C=C\F. The van der Waals surface area contributed by atoms with E-state index in [1.807, 2.05) is 29.7 Å². The van der Waals surface area contributed by atoms with Gasteiger partial charge < -0.3 is 14.4 Å². The van der Waals surface area contributed by atoms with Crippen molar-refractivity contribution in [2.45, 2.75) is 13.8 Å². The molecule has 0 aliphatic heterocycles. The highest BCUT2D eigenvalue weighted by Crippen LogP contribution is 2.36. The Morgan fingerprint density at radius 2 is 1.94 bits per heavy atom. The fourth-order valence-electron chi connectivity index (χ4n) is 3.46. The first-order chi connectivity index (χ1) is 16.2. The Morgan fingerprint density at radius 3 is 2.62 bits per heavy atom. The van der Waals surface area contributed by atoms with Crippen molar-refractivity contribution in [2.75, 3.05) is 6.61 Å². The second kappa shape index (κ2) is 11.3. The number of aryl methyl sites for hydroxylation is 1. The van der Waals surface area contributed by atoms with Crippen LogP contribution in [0.15, 0.2) is 89.0 Å². The molecular formula is C26H21BrClF2NO3. The lowest BCUT2D eigenvalue weighted by atomic mass is 10.1. The standard InChI is InChI=1S/C26H21BrClF2NO3/c1-3-4-17(23(30)9-10-29)15-34-25-8-6-19(27)13-22(25)24-7-5-16(2)31(24)21-12-18(26(32)33)11-20(28)14-21/h3-14H,15H2,1-2H3,(H,32,33)/b4-3-,10-9+,23-17-. The summed E-state index contributed by atoms with van der Waals surface area (Å²) in [6.45, 7) is 3.48. The van der Waals surface area contributed by atoms with Crippen LogP contribution in [0.5, 0.6) is 5.75 Å². The van der Waals surface area contributed by atoms with Crippen LogP contribution in [0.1, 0.15) is 23.0 Å². The van der Waals surface area contributed by atoms with Crippen molar-refractivity contribution in [3.8, 4) is 22.7 Å². The summed E-state index contributed by atoms with van der Waals surface area (Å²) >= 11 is 9.68. The molecule has 0 atom stereocenters. The largest absolute Gasteiger partial charge is 0.488 e. The zero-order valence-corrected chi connectivity index (χ0v) is 20.7. The van der Waals surface area contributed by atoms with E-state index in [9.17, 15) is 18.7 Å². The van der Waals surface area contributed by atoms with Gasteiger partial charge in [-0.3, -0.25) is 0 Å². The van der Waals surface area contributed by atoms with Crippen molar-refractivity contribution in [1.29, 1.82) is 0 Å². The van der Waals surface area contributed by atoms with Gasteiger partial charge in [-0.15, -0.1) is 0 Å². The average Bonchev–Trinajstić information content (AvgIpc) is 3.18. The molecule has 0 amide bonds. The number of halogens is 4. The number of carboxylic acids is 1. The summed E-state index contributed by atoms with van der Waals surface area (Å²) in [5.41, 5.74) is 3.05. The monoisotopic (exact) mass is 547 g/mol. The number of aromatic carboxylic acids is 1. The zero-order valence-electron chi connectivity index (χ0n) is 18.4. The summed E-state index contributed by atoms with van der Waals surface area (Å²) in [5, 5.41) is 9.74. The molecule has 0 fully saturated rings. The topological polar surface area (TPSA) is 51.5 Å². The molecule has 0 radical (unpaired) electrons. The van der Waals surface area contributed by atoms with Crippen molar-refractivity contribution in [1.82, 2.24) is 4.57 Å². The molecule has 0 aliphatic carbocycles. The summed E-state index contributed by atoms with van der Waals surface area (Å²) in [5.74, 6) is -1.37. The van der Waals surface area contributed by atoms with E-state index in [1.165, 1.54) is 18.2 Å². The normalized spacial score (nSPS) is 12.4. The molecule has 4 nitrogen and oxygen atoms in total. The molecule has 1 aromatic heterocycles. The Hall–Kier alpha value is -3.16. The minimum Gasteiger partial charge on any atom is -0.488 e. The molecule has 2 aromatic carbocycles. The molecule has 0 spiro atoms. The van der Waals surface area contributed by atoms with Crippen molar-refractivity contribution in [2.24, 2.45) is 0 Å². The summed E-state index contributed by atoms with van der Waals surface area (Å²) in [7, 11) is 0. The van der Waals surface area contributed by atoms with Crippen LogP contribution < -0.4 is 4.74 Å². The molecule has 0 saturated carbocycles. The number of rotatable bonds is 8. The lowest BCUT2D eigenvalue weighted by molar-refractivity contribution is 0.0697. The number of allylic oxidation sites excluding steroid dienone is 3. The van der Waals surface area contributed by atoms with Crippen LogP contribution in [0.3, 0.4) is 0 Å². The van der Waals surface area contributed by atoms with Crippen LogP contribution in [0.2, 0.25) is 5.02 Å². The van der Waals surface area contributed by atoms with E-state index in [4.69, 9.17) is 16.3 Å². The summed E-state index contributed by atoms with van der Waals surface area (Å²) in [4.78, 5) is 11.6. The highest BCUT2D eigenvalue weighted by molar-refractivity contribution is 9.10. The second-order valence-corrected chi connectivity index (χ2v) is 8.65. The van der Waals surface area contributed by atoms with Gasteiger partial charge in [0.05, 0.1) is 17.6 Å². The van der Waals surface area contributed by atoms with Crippen molar-refractivity contribution < 1.29 is 23.4 Å². The zero-order chi connectivity index (χ0) is 24.8. The van der Waals surface area contributed by atoms with Crippen LogP contribution in [-0.4, -0.2) is 22.2 Å². The Balaban J connectivity index is 2.11. The van der Waals surface area contributed by atoms with Gasteiger partial charge in [0.15, 0.2) is 0 Å². The van der Waals surface area contributed by atoms with E-state index in [0.29, 0.717) is 22.7 Å². The number of carboxylic acid groups (broad SMARTS) is 1. The van der Waals surface area contributed by atoms with Crippen molar-refractivity contribution in [3.05, 3.63) is 105 Å². The fourth-order valence-corrected chi connectivity index (χ4v) is 4.05. The molecule has 0 bridgehead atoms. The van der Waals surface area contributed by atoms with Crippen LogP contribution in [0.4, 0.5) is 8.78 Å². The maximum atomic E-state index is 14.2. The predicted molar refractivity (Wildman–Crippen MR) is 134 cm³/mol. The second-order valence-electron chi connectivity index (χ2n) is 7.29. The number of aromatic nitrogens is 1. The maximum Gasteiger partial charge on any atom is 0.335 e. The van der Waals surface area contributed by atoms with Gasteiger partial charge in [0.1, 0.15) is 18.2 Å². The van der Waals surface area contributed by atoms with Crippen LogP contribution in [0.25, 0.3) is 16.9 Å². The van der Waals surface area contributed by atoms with Crippen LogP contribution >= 0.6 is 27.5 Å². The highest BCUT2D eigenvalue weighted by atomic mass is 79.9. The fraction of sp³-hybridized carbons (Fsp3) is 0.115. The summed E-state index contributed by atoms with van der Waals surface area (Å²) in [6, 6.07) is 13.7. The van der Waals surface area contributed by atoms with E-state index in [0.717, 1.165) is 16.2 Å². The van der Waals surface area contributed by atoms with Gasteiger partial charge in [-0.1, -0.05) is 39.7 Å². The van der Waals surface area contributed by atoms with Gasteiger partial charge in [0.2, 0.25) is 0 Å². The van der Waals surface area contributed by atoms with E-state index in [2.05, 4.69) is 15.9 Å². The molecular weight excluding hydrogens is 528 g/mol. The van der Waals surface area contributed by atoms with Gasteiger partial charge in [0, 0.05) is 38.1 Å². The molecule has 0 unspecified atom stereocenters. The van der Waals surface area contributed by atoms with Crippen molar-refractivity contribution >= 4 is 33.5 Å². The number of benzene rings is 2. The predicted octanol–water partition coefficient (Wildman–Crippen LogP) is 8.23. The van der Waals surface area contributed by atoms with Gasteiger partial charge in [-0.2, -0.15) is 0 Å². The lowest BCUT2D eigenvalue weighted by Crippen LogP contribution is -2.05. The quantitative estimate of drug-likeness (QED) is 0.289. The molecule has 176 valence electrons. The summed E-state index contributed by atoms with van der Waals surface area (Å²) < 4.78 is 35.3. The number of carbonyl (C=O) groups is 1. The number of hydrogen-bond acceptors (Lipinski definition) is 2. The van der Waals surface area contributed by atoms with Gasteiger partial charge in [-0.25, -0.2) is 13.6 Å². The Bertz CT molecular complexity index is 1310. The maximum absolute atomic E-state index is 14.2. The first-order valence-corrected chi connectivity index (χ1v) is 11.4.